The largest absolute Gasteiger partial charge is 0.490 e. The quantitative estimate of drug-likeness (QED) is 0.485. The van der Waals surface area contributed by atoms with Crippen LogP contribution in [0.15, 0.2) is 43.1 Å². The summed E-state index contributed by atoms with van der Waals surface area (Å²) in [6.07, 6.45) is 11.2. The number of nitrogens with one attached hydrogen (secondary N) is 1. The highest BCUT2D eigenvalue weighted by Crippen LogP contribution is 2.36. The molecule has 2 N–H and O–H groups in total. The summed E-state index contributed by atoms with van der Waals surface area (Å²) in [5.74, 6) is 0.636. The van der Waals surface area contributed by atoms with Crippen LogP contribution in [0, 0.1) is 5.92 Å². The molecule has 33 heavy (non-hydrogen) atoms. The lowest BCUT2D eigenvalue weighted by molar-refractivity contribution is 0.0750. The summed E-state index contributed by atoms with van der Waals surface area (Å²) in [5, 5.41) is 22.9. The molecule has 1 aromatic carbocycles. The monoisotopic (exact) mass is 446 g/mol. The van der Waals surface area contributed by atoms with E-state index in [2.05, 4.69) is 22.3 Å². The van der Waals surface area contributed by atoms with Crippen molar-refractivity contribution < 1.29 is 14.6 Å². The Morgan fingerprint density at radius 2 is 2.12 bits per heavy atom. The summed E-state index contributed by atoms with van der Waals surface area (Å²) in [4.78, 5) is 17.4. The molecular weight excluding hydrogens is 420 g/mol. The number of carbonyl (C=O) groups is 1. The van der Waals surface area contributed by atoms with Gasteiger partial charge in [0.05, 0.1) is 46.7 Å². The second-order valence-corrected chi connectivity index (χ2v) is 9.27. The average molecular weight is 447 g/mol. The van der Waals surface area contributed by atoms with Crippen LogP contribution in [0.3, 0.4) is 0 Å². The van der Waals surface area contributed by atoms with Crippen molar-refractivity contribution in [3.63, 3.8) is 0 Å². The number of aromatic nitrogens is 5. The van der Waals surface area contributed by atoms with Gasteiger partial charge in [0.25, 0.3) is 5.91 Å². The number of nitrogens with zero attached hydrogens (tertiary/aromatic N) is 5. The fourth-order valence-electron chi connectivity index (χ4n) is 4.76. The highest BCUT2D eigenvalue weighted by molar-refractivity contribution is 6.09. The molecule has 6 rings (SSSR count). The van der Waals surface area contributed by atoms with E-state index in [9.17, 15) is 9.90 Å². The Morgan fingerprint density at radius 1 is 1.24 bits per heavy atom. The van der Waals surface area contributed by atoms with Crippen LogP contribution in [0.5, 0.6) is 5.75 Å². The van der Waals surface area contributed by atoms with E-state index in [1.165, 1.54) is 0 Å². The van der Waals surface area contributed by atoms with Gasteiger partial charge in [-0.3, -0.25) is 9.48 Å². The molecule has 2 aliphatic rings. The first-order chi connectivity index (χ1) is 16.0. The van der Waals surface area contributed by atoms with Gasteiger partial charge < -0.3 is 15.2 Å². The predicted molar refractivity (Wildman–Crippen MR) is 122 cm³/mol. The Balaban J connectivity index is 1.35. The third-order valence-electron chi connectivity index (χ3n) is 6.70. The van der Waals surface area contributed by atoms with E-state index in [1.807, 2.05) is 23.0 Å². The lowest BCUT2D eigenvalue weighted by Crippen LogP contribution is -2.28. The van der Waals surface area contributed by atoms with Gasteiger partial charge in [-0.25, -0.2) is 9.50 Å². The summed E-state index contributed by atoms with van der Waals surface area (Å²) in [7, 11) is 0. The van der Waals surface area contributed by atoms with Gasteiger partial charge in [0, 0.05) is 23.8 Å². The molecule has 3 heterocycles. The molecule has 0 bridgehead atoms. The number of amides is 1. The standard InChI is InChI=1S/C24H26N6O3/c1-14-8-16(31)2-5-21(14)29-12-15-9-18(23(10-19(15)28-29)33-17-3-4-17)24(32)27-20-11-26-30-13-25-7-6-22(20)30/h6-7,9-14,16-17,21,31H,2-5,8H2,1H3,(H,27,32)/t14-,16?,21-/m0/s1. The van der Waals surface area contributed by atoms with Gasteiger partial charge in [-0.15, -0.1) is 0 Å². The van der Waals surface area contributed by atoms with Crippen LogP contribution in [0.25, 0.3) is 16.4 Å². The number of aliphatic hydroxyl groups excluding tert-OH is 1. The van der Waals surface area contributed by atoms with Crippen LogP contribution in [0.4, 0.5) is 5.69 Å². The van der Waals surface area contributed by atoms with Gasteiger partial charge in [0.2, 0.25) is 0 Å². The number of ether oxygens (including phenoxy) is 1. The lowest BCUT2D eigenvalue weighted by Gasteiger charge is -2.31. The molecule has 0 saturated heterocycles. The number of rotatable bonds is 5. The SMILES string of the molecule is C[C@H]1CC(O)CC[C@@H]1n1cc2cc(C(=O)Nc3cnn4cnccc34)c(OC3CC3)cc2n1. The van der Waals surface area contributed by atoms with E-state index >= 15 is 0 Å². The minimum Gasteiger partial charge on any atom is -0.490 e. The summed E-state index contributed by atoms with van der Waals surface area (Å²) >= 11 is 0. The maximum atomic E-state index is 13.3. The lowest BCUT2D eigenvalue weighted by atomic mass is 9.84. The number of anilines is 1. The molecule has 3 atom stereocenters. The number of hydrogen-bond acceptors (Lipinski definition) is 6. The van der Waals surface area contributed by atoms with E-state index in [4.69, 9.17) is 9.84 Å². The van der Waals surface area contributed by atoms with E-state index in [1.54, 1.807) is 29.3 Å². The van der Waals surface area contributed by atoms with Gasteiger partial charge in [-0.05, 0) is 50.2 Å². The maximum absolute atomic E-state index is 13.3. The molecule has 0 spiro atoms. The molecule has 2 fully saturated rings. The Labute approximate surface area is 190 Å². The molecule has 0 aliphatic heterocycles. The van der Waals surface area contributed by atoms with E-state index in [-0.39, 0.29) is 24.2 Å². The zero-order valence-electron chi connectivity index (χ0n) is 18.4. The van der Waals surface area contributed by atoms with Crippen LogP contribution in [0.2, 0.25) is 0 Å². The first kappa shape index (κ1) is 20.2. The number of fused-ring (bicyclic) bond motifs is 2. The number of carbonyl (C=O) groups excluding carboxylic acids is 1. The summed E-state index contributed by atoms with van der Waals surface area (Å²) in [6, 6.07) is 5.78. The molecule has 9 nitrogen and oxygen atoms in total. The van der Waals surface area contributed by atoms with Crippen LogP contribution < -0.4 is 10.1 Å². The van der Waals surface area contributed by atoms with Crippen molar-refractivity contribution in [2.75, 3.05) is 5.32 Å². The Kier molecular flexibility index (Phi) is 4.79. The molecule has 4 aromatic rings. The van der Waals surface area contributed by atoms with Crippen molar-refractivity contribution in [1.82, 2.24) is 24.4 Å². The maximum Gasteiger partial charge on any atom is 0.259 e. The van der Waals surface area contributed by atoms with Crippen LogP contribution in [-0.4, -0.2) is 47.6 Å². The van der Waals surface area contributed by atoms with Gasteiger partial charge in [-0.2, -0.15) is 10.2 Å². The van der Waals surface area contributed by atoms with Crippen molar-refractivity contribution in [2.45, 2.75) is 57.3 Å². The second-order valence-electron chi connectivity index (χ2n) is 9.27. The molecule has 2 aliphatic carbocycles. The molecule has 9 heteroatoms. The number of benzene rings is 1. The Hall–Kier alpha value is -3.46. The Bertz CT molecular complexity index is 1340. The molecule has 0 radical (unpaired) electrons. The van der Waals surface area contributed by atoms with Crippen LogP contribution >= 0.6 is 0 Å². The fourth-order valence-corrected chi connectivity index (χ4v) is 4.76. The normalized spacial score (nSPS) is 23.2. The van der Waals surface area contributed by atoms with E-state index in [0.29, 0.717) is 22.9 Å². The van der Waals surface area contributed by atoms with Crippen LogP contribution in [-0.2, 0) is 0 Å². The van der Waals surface area contributed by atoms with Gasteiger partial charge in [-0.1, -0.05) is 6.92 Å². The molecule has 1 unspecified atom stereocenters. The molecule has 1 amide bonds. The second kappa shape index (κ2) is 7.84. The zero-order valence-corrected chi connectivity index (χ0v) is 18.4. The predicted octanol–water partition coefficient (Wildman–Crippen LogP) is 3.59. The summed E-state index contributed by atoms with van der Waals surface area (Å²) in [5.41, 5.74) is 2.67. The zero-order chi connectivity index (χ0) is 22.5. The minimum atomic E-state index is -0.249. The Morgan fingerprint density at radius 3 is 2.94 bits per heavy atom. The van der Waals surface area contributed by atoms with Crippen molar-refractivity contribution in [3.05, 3.63) is 48.7 Å². The topological polar surface area (TPSA) is 107 Å². The number of aliphatic hydroxyl groups is 1. The first-order valence-electron chi connectivity index (χ1n) is 11.5. The molecular formula is C24H26N6O3. The highest BCUT2D eigenvalue weighted by Gasteiger charge is 2.30. The van der Waals surface area contributed by atoms with Gasteiger partial charge in [0.15, 0.2) is 0 Å². The van der Waals surface area contributed by atoms with Crippen molar-refractivity contribution >= 4 is 28.0 Å². The van der Waals surface area contributed by atoms with Gasteiger partial charge in [0.1, 0.15) is 12.1 Å². The summed E-state index contributed by atoms with van der Waals surface area (Å²) < 4.78 is 9.73. The number of hydrogen-bond donors (Lipinski definition) is 2. The molecule has 3 aromatic heterocycles. The van der Waals surface area contributed by atoms with Crippen LogP contribution in [0.1, 0.15) is 55.4 Å². The van der Waals surface area contributed by atoms with Crippen molar-refractivity contribution in [2.24, 2.45) is 5.92 Å². The smallest absolute Gasteiger partial charge is 0.259 e. The molecule has 2 saturated carbocycles. The minimum absolute atomic E-state index is 0.152. The highest BCUT2D eigenvalue weighted by atomic mass is 16.5. The average Bonchev–Trinajstić information content (AvgIpc) is 3.38. The van der Waals surface area contributed by atoms with Gasteiger partial charge >= 0.3 is 0 Å². The molecule has 170 valence electrons. The third kappa shape index (κ3) is 3.82. The van der Waals surface area contributed by atoms with Crippen molar-refractivity contribution in [1.29, 1.82) is 0 Å². The third-order valence-corrected chi connectivity index (χ3v) is 6.70. The first-order valence-corrected chi connectivity index (χ1v) is 11.5. The fraction of sp³-hybridized carbons (Fsp3) is 0.417. The van der Waals surface area contributed by atoms with E-state index in [0.717, 1.165) is 48.5 Å². The summed E-state index contributed by atoms with van der Waals surface area (Å²) in [6.45, 7) is 2.16. The van der Waals surface area contributed by atoms with E-state index < -0.39 is 0 Å². The van der Waals surface area contributed by atoms with Crippen molar-refractivity contribution in [3.8, 4) is 5.75 Å².